The normalized spacial score (nSPS) is 11.8. The van der Waals surface area contributed by atoms with Gasteiger partial charge in [-0.1, -0.05) is 34.8 Å². The second kappa shape index (κ2) is 7.54. The van der Waals surface area contributed by atoms with E-state index >= 15 is 0 Å². The van der Waals surface area contributed by atoms with Crippen LogP contribution in [0.2, 0.25) is 15.1 Å². The van der Waals surface area contributed by atoms with Crippen LogP contribution >= 0.6 is 34.8 Å². The Hall–Kier alpha value is -1.64. The van der Waals surface area contributed by atoms with Crippen molar-refractivity contribution in [3.63, 3.8) is 0 Å². The summed E-state index contributed by atoms with van der Waals surface area (Å²) in [7, 11) is 0. The molecule has 5 nitrogen and oxygen atoms in total. The van der Waals surface area contributed by atoms with Gasteiger partial charge in [-0.25, -0.2) is 4.79 Å². The van der Waals surface area contributed by atoms with E-state index in [4.69, 9.17) is 39.5 Å². The molecule has 142 valence electrons. The summed E-state index contributed by atoms with van der Waals surface area (Å²) in [6.45, 7) is 5.05. The van der Waals surface area contributed by atoms with E-state index in [0.717, 1.165) is 4.68 Å². The lowest BCUT2D eigenvalue weighted by atomic mass is 10.2. The first-order valence-electron chi connectivity index (χ1n) is 7.22. The first-order valence-corrected chi connectivity index (χ1v) is 8.35. The lowest BCUT2D eigenvalue weighted by Crippen LogP contribution is -2.35. The van der Waals surface area contributed by atoms with E-state index in [0.29, 0.717) is 12.1 Å². The van der Waals surface area contributed by atoms with Gasteiger partial charge in [0.2, 0.25) is 0 Å². The first-order chi connectivity index (χ1) is 11.9. The first kappa shape index (κ1) is 20.7. The topological polar surface area (TPSA) is 56.2 Å². The summed E-state index contributed by atoms with van der Waals surface area (Å²) < 4.78 is 44.7. The standard InChI is InChI=1S/C15H13Cl3F3N3O2/c1-6(2)22-14(25)24-7(3)11(18)13(23-24)26-12-9(16)4-8(5-10(12)17)15(19,20)21/h4-6H,1-3H3,(H,22,25). The number of nitrogens with zero attached hydrogens (tertiary/aromatic N) is 2. The van der Waals surface area contributed by atoms with Crippen LogP contribution < -0.4 is 10.1 Å². The number of hydrogen-bond acceptors (Lipinski definition) is 3. The molecule has 0 saturated carbocycles. The number of aromatic nitrogens is 2. The second-order valence-electron chi connectivity index (χ2n) is 5.59. The molecule has 1 amide bonds. The zero-order valence-corrected chi connectivity index (χ0v) is 16.0. The highest BCUT2D eigenvalue weighted by Crippen LogP contribution is 2.42. The molecule has 11 heteroatoms. The third-order valence-electron chi connectivity index (χ3n) is 3.14. The molecule has 2 aromatic rings. The molecule has 0 bridgehead atoms. The number of amides is 1. The molecule has 1 heterocycles. The summed E-state index contributed by atoms with van der Waals surface area (Å²) in [5, 5.41) is 5.79. The highest BCUT2D eigenvalue weighted by atomic mass is 35.5. The molecule has 0 saturated heterocycles. The van der Waals surface area contributed by atoms with Gasteiger partial charge in [0.05, 0.1) is 21.3 Å². The molecular formula is C15H13Cl3F3N3O2. The fourth-order valence-corrected chi connectivity index (χ4v) is 2.67. The van der Waals surface area contributed by atoms with Crippen LogP contribution in [0.5, 0.6) is 11.6 Å². The Morgan fingerprint density at radius 1 is 1.23 bits per heavy atom. The van der Waals surface area contributed by atoms with Crippen molar-refractivity contribution in [1.82, 2.24) is 15.1 Å². The van der Waals surface area contributed by atoms with Crippen molar-refractivity contribution in [3.05, 3.63) is 38.5 Å². The number of ether oxygens (including phenoxy) is 1. The lowest BCUT2D eigenvalue weighted by Gasteiger charge is -2.12. The third-order valence-corrected chi connectivity index (χ3v) is 4.14. The number of hydrogen-bond donors (Lipinski definition) is 1. The quantitative estimate of drug-likeness (QED) is 0.657. The average molecular weight is 431 g/mol. The van der Waals surface area contributed by atoms with Gasteiger partial charge in [-0.3, -0.25) is 0 Å². The van der Waals surface area contributed by atoms with Gasteiger partial charge in [-0.15, -0.1) is 5.10 Å². The van der Waals surface area contributed by atoms with Crippen molar-refractivity contribution < 1.29 is 22.7 Å². The maximum Gasteiger partial charge on any atom is 0.416 e. The fraction of sp³-hybridized carbons (Fsp3) is 0.333. The number of carbonyl (C=O) groups is 1. The number of rotatable bonds is 3. The summed E-state index contributed by atoms with van der Waals surface area (Å²) in [6.07, 6.45) is -4.61. The minimum Gasteiger partial charge on any atom is -0.433 e. The molecule has 1 aromatic carbocycles. The van der Waals surface area contributed by atoms with Gasteiger partial charge in [0, 0.05) is 6.04 Å². The highest BCUT2D eigenvalue weighted by molar-refractivity contribution is 6.37. The van der Waals surface area contributed by atoms with Crippen LogP contribution in [0.3, 0.4) is 0 Å². The van der Waals surface area contributed by atoms with E-state index in [-0.39, 0.29) is 38.4 Å². The number of benzene rings is 1. The van der Waals surface area contributed by atoms with E-state index in [9.17, 15) is 18.0 Å². The van der Waals surface area contributed by atoms with Crippen molar-refractivity contribution >= 4 is 40.8 Å². The Balaban J connectivity index is 2.39. The predicted molar refractivity (Wildman–Crippen MR) is 92.6 cm³/mol. The number of carbonyl (C=O) groups excluding carboxylic acids is 1. The average Bonchev–Trinajstić information content (AvgIpc) is 2.77. The molecule has 0 spiro atoms. The highest BCUT2D eigenvalue weighted by Gasteiger charge is 2.32. The largest absolute Gasteiger partial charge is 0.433 e. The lowest BCUT2D eigenvalue weighted by molar-refractivity contribution is -0.137. The van der Waals surface area contributed by atoms with Gasteiger partial charge < -0.3 is 10.1 Å². The number of nitrogens with one attached hydrogen (secondary N) is 1. The molecule has 1 aromatic heterocycles. The van der Waals surface area contributed by atoms with Crippen molar-refractivity contribution in [3.8, 4) is 11.6 Å². The molecular weight excluding hydrogens is 418 g/mol. The monoisotopic (exact) mass is 429 g/mol. The molecule has 26 heavy (non-hydrogen) atoms. The Kier molecular flexibility index (Phi) is 5.99. The summed E-state index contributed by atoms with van der Waals surface area (Å²) in [5.74, 6) is -0.469. The van der Waals surface area contributed by atoms with E-state index in [1.165, 1.54) is 6.92 Å². The molecule has 1 N–H and O–H groups in total. The SMILES string of the molecule is Cc1c(Cl)c(Oc2c(Cl)cc(C(F)(F)F)cc2Cl)nn1C(=O)NC(C)C. The summed E-state index contributed by atoms with van der Waals surface area (Å²) in [6, 6.07) is 0.657. The molecule has 2 rings (SSSR count). The van der Waals surface area contributed by atoms with E-state index in [1.54, 1.807) is 13.8 Å². The second-order valence-corrected chi connectivity index (χ2v) is 6.78. The molecule has 0 radical (unpaired) electrons. The van der Waals surface area contributed by atoms with Crippen molar-refractivity contribution in [2.24, 2.45) is 0 Å². The zero-order valence-electron chi connectivity index (χ0n) is 13.7. The minimum atomic E-state index is -4.61. The molecule has 0 aliphatic heterocycles. The van der Waals surface area contributed by atoms with Crippen LogP contribution in [0.15, 0.2) is 12.1 Å². The smallest absolute Gasteiger partial charge is 0.416 e. The predicted octanol–water partition coefficient (Wildman–Crippen LogP) is 5.93. The minimum absolute atomic E-state index is 0.00376. The van der Waals surface area contributed by atoms with Gasteiger partial charge in [0.25, 0.3) is 5.88 Å². The molecule has 0 unspecified atom stereocenters. The Morgan fingerprint density at radius 3 is 2.23 bits per heavy atom. The molecule has 0 aliphatic rings. The van der Waals surface area contributed by atoms with Gasteiger partial charge in [-0.2, -0.15) is 17.9 Å². The summed E-state index contributed by atoms with van der Waals surface area (Å²) in [5.41, 5.74) is -0.747. The van der Waals surface area contributed by atoms with Crippen LogP contribution in [0, 0.1) is 6.92 Å². The van der Waals surface area contributed by atoms with Crippen LogP contribution in [0.25, 0.3) is 0 Å². The van der Waals surface area contributed by atoms with Crippen molar-refractivity contribution in [2.75, 3.05) is 0 Å². The molecule has 0 aliphatic carbocycles. The van der Waals surface area contributed by atoms with Gasteiger partial charge in [-0.05, 0) is 32.9 Å². The maximum atomic E-state index is 12.8. The van der Waals surface area contributed by atoms with Gasteiger partial charge >= 0.3 is 12.2 Å². The summed E-state index contributed by atoms with van der Waals surface area (Å²) >= 11 is 17.8. The number of halogens is 6. The van der Waals surface area contributed by atoms with E-state index in [2.05, 4.69) is 10.4 Å². The summed E-state index contributed by atoms with van der Waals surface area (Å²) in [4.78, 5) is 12.1. The van der Waals surface area contributed by atoms with Crippen LogP contribution in [0.1, 0.15) is 25.1 Å². The third kappa shape index (κ3) is 4.36. The Morgan fingerprint density at radius 2 is 1.77 bits per heavy atom. The molecule has 0 atom stereocenters. The van der Waals surface area contributed by atoms with Crippen molar-refractivity contribution in [1.29, 1.82) is 0 Å². The molecule has 0 fully saturated rings. The van der Waals surface area contributed by atoms with Gasteiger partial charge in [0.15, 0.2) is 5.75 Å². The fourth-order valence-electron chi connectivity index (χ4n) is 1.95. The van der Waals surface area contributed by atoms with Crippen LogP contribution in [0.4, 0.5) is 18.0 Å². The number of alkyl halides is 3. The maximum absolute atomic E-state index is 12.8. The van der Waals surface area contributed by atoms with Crippen molar-refractivity contribution in [2.45, 2.75) is 33.0 Å². The zero-order chi connectivity index (χ0) is 19.8. The van der Waals surface area contributed by atoms with E-state index < -0.39 is 17.8 Å². The Labute approximate surface area is 162 Å². The van der Waals surface area contributed by atoms with Crippen LogP contribution in [-0.4, -0.2) is 21.9 Å². The van der Waals surface area contributed by atoms with Gasteiger partial charge in [0.1, 0.15) is 5.02 Å². The van der Waals surface area contributed by atoms with Crippen LogP contribution in [-0.2, 0) is 6.18 Å². The Bertz CT molecular complexity index is 828. The van der Waals surface area contributed by atoms with E-state index in [1.807, 2.05) is 0 Å².